The van der Waals surface area contributed by atoms with Gasteiger partial charge in [-0.15, -0.1) is 0 Å². The van der Waals surface area contributed by atoms with Gasteiger partial charge in [-0.3, -0.25) is 4.79 Å². The van der Waals surface area contributed by atoms with Gasteiger partial charge in [0.15, 0.2) is 17.2 Å². The van der Waals surface area contributed by atoms with Gasteiger partial charge in [-0.05, 0) is 18.8 Å². The number of amides is 1. The van der Waals surface area contributed by atoms with Gasteiger partial charge < -0.3 is 13.9 Å². The summed E-state index contributed by atoms with van der Waals surface area (Å²) < 4.78 is 10.9. The minimum absolute atomic E-state index is 0.0978. The van der Waals surface area contributed by atoms with Crippen LogP contribution in [0.4, 0.5) is 0 Å². The summed E-state index contributed by atoms with van der Waals surface area (Å²) in [5.74, 6) is 1.49. The number of aromatic nitrogens is 2. The highest BCUT2D eigenvalue weighted by atomic mass is 16.5. The predicted molar refractivity (Wildman–Crippen MR) is 95.5 cm³/mol. The molecule has 1 aromatic carbocycles. The molecule has 1 aliphatic heterocycles. The van der Waals surface area contributed by atoms with Crippen molar-refractivity contribution < 1.29 is 13.8 Å². The van der Waals surface area contributed by atoms with Crippen molar-refractivity contribution in [1.82, 2.24) is 15.2 Å². The monoisotopic (exact) mass is 351 g/mol. The van der Waals surface area contributed by atoms with Gasteiger partial charge in [0.05, 0.1) is 11.7 Å². The summed E-state index contributed by atoms with van der Waals surface area (Å²) in [6.45, 7) is 4.81. The zero-order chi connectivity index (χ0) is 18.1. The average molecular weight is 351 g/mol. The fraction of sp³-hybridized carbons (Fsp3) is 0.350. The van der Waals surface area contributed by atoms with E-state index in [0.29, 0.717) is 23.9 Å². The normalized spacial score (nSPS) is 17.2. The van der Waals surface area contributed by atoms with Crippen LogP contribution in [0.5, 0.6) is 0 Å². The molecule has 0 spiro atoms. The van der Waals surface area contributed by atoms with Crippen LogP contribution >= 0.6 is 0 Å². The summed E-state index contributed by atoms with van der Waals surface area (Å²) in [4.78, 5) is 14.8. The lowest BCUT2D eigenvalue weighted by molar-refractivity contribution is 0.0704. The van der Waals surface area contributed by atoms with Gasteiger partial charge in [0.2, 0.25) is 0 Å². The van der Waals surface area contributed by atoms with Crippen LogP contribution < -0.4 is 0 Å². The van der Waals surface area contributed by atoms with E-state index in [4.69, 9.17) is 9.05 Å². The number of likely N-dealkylation sites (tertiary alicyclic amines) is 1. The second kappa shape index (κ2) is 6.78. The van der Waals surface area contributed by atoms with Gasteiger partial charge in [-0.25, -0.2) is 0 Å². The number of carbonyl (C=O) groups is 1. The van der Waals surface area contributed by atoms with Crippen LogP contribution in [0, 0.1) is 0 Å². The molecule has 1 saturated heterocycles. The quantitative estimate of drug-likeness (QED) is 0.695. The highest BCUT2D eigenvalue weighted by Crippen LogP contribution is 2.34. The smallest absolute Gasteiger partial charge is 0.276 e. The van der Waals surface area contributed by atoms with E-state index >= 15 is 0 Å². The van der Waals surface area contributed by atoms with E-state index in [1.807, 2.05) is 36.4 Å². The van der Waals surface area contributed by atoms with E-state index in [1.54, 1.807) is 11.0 Å². The molecule has 134 valence electrons. The summed E-state index contributed by atoms with van der Waals surface area (Å²) in [6, 6.07) is 13.2. The fourth-order valence-electron chi connectivity index (χ4n) is 3.30. The summed E-state index contributed by atoms with van der Waals surface area (Å²) in [5, 5.41) is 8.11. The summed E-state index contributed by atoms with van der Waals surface area (Å²) >= 11 is 0. The SMILES string of the molecule is CC(C)c1cc([C@@H]2CCCN2C(=O)c2cc(-c3ccccc3)on2)on1. The summed E-state index contributed by atoms with van der Waals surface area (Å²) in [7, 11) is 0. The number of nitrogens with zero attached hydrogens (tertiary/aromatic N) is 3. The molecule has 1 atom stereocenters. The van der Waals surface area contributed by atoms with E-state index in [2.05, 4.69) is 24.2 Å². The minimum atomic E-state index is -0.138. The third kappa shape index (κ3) is 3.03. The largest absolute Gasteiger partial charge is 0.359 e. The van der Waals surface area contributed by atoms with Crippen molar-refractivity contribution in [2.45, 2.75) is 38.6 Å². The summed E-state index contributed by atoms with van der Waals surface area (Å²) in [6.07, 6.45) is 1.79. The van der Waals surface area contributed by atoms with E-state index in [1.165, 1.54) is 0 Å². The van der Waals surface area contributed by atoms with Crippen molar-refractivity contribution in [3.63, 3.8) is 0 Å². The highest BCUT2D eigenvalue weighted by molar-refractivity contribution is 5.93. The summed E-state index contributed by atoms with van der Waals surface area (Å²) in [5.41, 5.74) is 2.13. The van der Waals surface area contributed by atoms with Gasteiger partial charge in [-0.1, -0.05) is 54.5 Å². The Bertz CT molecular complexity index is 898. The van der Waals surface area contributed by atoms with Crippen molar-refractivity contribution in [3.05, 3.63) is 59.6 Å². The Kier molecular flexibility index (Phi) is 4.32. The third-order valence-electron chi connectivity index (χ3n) is 4.77. The first-order chi connectivity index (χ1) is 12.6. The molecular weight excluding hydrogens is 330 g/mol. The molecule has 3 heterocycles. The molecule has 0 radical (unpaired) electrons. The topological polar surface area (TPSA) is 72.4 Å². The van der Waals surface area contributed by atoms with E-state index < -0.39 is 0 Å². The van der Waals surface area contributed by atoms with Crippen molar-refractivity contribution in [3.8, 4) is 11.3 Å². The Labute approximate surface area is 151 Å². The Balaban J connectivity index is 1.56. The second-order valence-electron chi connectivity index (χ2n) is 6.91. The molecule has 1 aliphatic rings. The number of rotatable bonds is 4. The third-order valence-corrected chi connectivity index (χ3v) is 4.77. The first-order valence-electron chi connectivity index (χ1n) is 8.93. The first kappa shape index (κ1) is 16.6. The molecule has 3 aromatic rings. The van der Waals surface area contributed by atoms with Crippen molar-refractivity contribution in [2.75, 3.05) is 6.54 Å². The lowest BCUT2D eigenvalue weighted by Gasteiger charge is -2.21. The van der Waals surface area contributed by atoms with E-state index in [0.717, 1.165) is 29.9 Å². The van der Waals surface area contributed by atoms with E-state index in [9.17, 15) is 4.79 Å². The van der Waals surface area contributed by atoms with Crippen LogP contribution in [0.3, 0.4) is 0 Å². The van der Waals surface area contributed by atoms with Crippen molar-refractivity contribution in [2.24, 2.45) is 0 Å². The number of benzene rings is 1. The molecule has 6 heteroatoms. The molecule has 26 heavy (non-hydrogen) atoms. The molecule has 0 N–H and O–H groups in total. The molecule has 4 rings (SSSR count). The van der Waals surface area contributed by atoms with Crippen LogP contribution in [0.15, 0.2) is 51.5 Å². The molecule has 0 aliphatic carbocycles. The second-order valence-corrected chi connectivity index (χ2v) is 6.91. The molecule has 0 unspecified atom stereocenters. The zero-order valence-corrected chi connectivity index (χ0v) is 14.9. The standard InChI is InChI=1S/C20H21N3O3/c1-13(2)15-11-19(26-21-15)17-9-6-10-23(17)20(24)16-12-18(25-22-16)14-7-4-3-5-8-14/h3-5,7-8,11-13,17H,6,9-10H2,1-2H3/t17-/m0/s1. The number of carbonyl (C=O) groups excluding carboxylic acids is 1. The molecule has 0 saturated carbocycles. The Morgan fingerprint density at radius 3 is 2.69 bits per heavy atom. The molecule has 6 nitrogen and oxygen atoms in total. The van der Waals surface area contributed by atoms with Crippen LogP contribution in [-0.4, -0.2) is 27.7 Å². The fourth-order valence-corrected chi connectivity index (χ4v) is 3.30. The average Bonchev–Trinajstić information content (AvgIpc) is 3.41. The van der Waals surface area contributed by atoms with E-state index in [-0.39, 0.29) is 11.9 Å². The molecular formula is C20H21N3O3. The predicted octanol–water partition coefficient (Wildman–Crippen LogP) is 4.43. The molecule has 1 fully saturated rings. The lowest BCUT2D eigenvalue weighted by Crippen LogP contribution is -2.30. The minimum Gasteiger partial charge on any atom is -0.359 e. The van der Waals surface area contributed by atoms with Gasteiger partial charge in [-0.2, -0.15) is 0 Å². The number of hydrogen-bond acceptors (Lipinski definition) is 5. The van der Waals surface area contributed by atoms with Crippen LogP contribution in [0.25, 0.3) is 11.3 Å². The molecule has 0 bridgehead atoms. The van der Waals surface area contributed by atoms with Crippen LogP contribution in [0.1, 0.15) is 60.6 Å². The Morgan fingerprint density at radius 1 is 1.15 bits per heavy atom. The maximum absolute atomic E-state index is 13.0. The van der Waals surface area contributed by atoms with Crippen molar-refractivity contribution in [1.29, 1.82) is 0 Å². The van der Waals surface area contributed by atoms with Gasteiger partial charge >= 0.3 is 0 Å². The Hall–Kier alpha value is -2.89. The molecule has 2 aromatic heterocycles. The highest BCUT2D eigenvalue weighted by Gasteiger charge is 2.34. The maximum Gasteiger partial charge on any atom is 0.276 e. The molecule has 1 amide bonds. The van der Waals surface area contributed by atoms with Gasteiger partial charge in [0.1, 0.15) is 0 Å². The maximum atomic E-state index is 13.0. The lowest BCUT2D eigenvalue weighted by atomic mass is 10.1. The van der Waals surface area contributed by atoms with Gasteiger partial charge in [0, 0.05) is 24.2 Å². The zero-order valence-electron chi connectivity index (χ0n) is 14.9. The van der Waals surface area contributed by atoms with Crippen LogP contribution in [0.2, 0.25) is 0 Å². The van der Waals surface area contributed by atoms with Crippen molar-refractivity contribution >= 4 is 5.91 Å². The number of hydrogen-bond donors (Lipinski definition) is 0. The first-order valence-corrected chi connectivity index (χ1v) is 8.93. The Morgan fingerprint density at radius 2 is 1.96 bits per heavy atom. The van der Waals surface area contributed by atoms with Crippen LogP contribution in [-0.2, 0) is 0 Å². The van der Waals surface area contributed by atoms with Gasteiger partial charge in [0.25, 0.3) is 5.91 Å².